The molecule has 2 fully saturated rings. The average molecular weight is 479 g/mol. The lowest BCUT2D eigenvalue weighted by Crippen LogP contribution is -2.45. The van der Waals surface area contributed by atoms with Gasteiger partial charge in [0.2, 0.25) is 0 Å². The van der Waals surface area contributed by atoms with E-state index in [4.69, 9.17) is 11.1 Å². The van der Waals surface area contributed by atoms with Crippen molar-refractivity contribution in [3.8, 4) is 0 Å². The van der Waals surface area contributed by atoms with Crippen molar-refractivity contribution in [1.29, 1.82) is 5.41 Å². The maximum atomic E-state index is 8.01. The Morgan fingerprint density at radius 2 is 1.58 bits per heavy atom. The molecule has 0 aromatic heterocycles. The number of rotatable bonds is 4. The van der Waals surface area contributed by atoms with Crippen molar-refractivity contribution in [2.24, 2.45) is 5.41 Å². The fourth-order valence-corrected chi connectivity index (χ4v) is 7.18. The molecule has 0 radical (unpaired) electrons. The zero-order chi connectivity index (χ0) is 24.5. The summed E-state index contributed by atoms with van der Waals surface area (Å²) in [4.78, 5) is 2.59. The first kappa shape index (κ1) is 23.3. The lowest BCUT2D eigenvalue weighted by molar-refractivity contribution is 0.155. The Morgan fingerprint density at radius 1 is 0.861 bits per heavy atom. The molecule has 4 nitrogen and oxygen atoms in total. The van der Waals surface area contributed by atoms with Crippen molar-refractivity contribution in [3.63, 3.8) is 0 Å². The summed E-state index contributed by atoms with van der Waals surface area (Å²) in [6.07, 6.45) is 8.78. The number of nitrogens with two attached hydrogens (primary N) is 1. The SMILES string of the molecule is N=Cc1c(N)ccc2c1CCC(c1ccccc1)C2c1ccc(N2CCC3(CCNCC3)CC2)cc1. The van der Waals surface area contributed by atoms with E-state index >= 15 is 0 Å². The van der Waals surface area contributed by atoms with Gasteiger partial charge in [0.1, 0.15) is 0 Å². The quantitative estimate of drug-likeness (QED) is 0.314. The van der Waals surface area contributed by atoms with Crippen molar-refractivity contribution in [3.05, 3.63) is 94.5 Å². The van der Waals surface area contributed by atoms with Crippen LogP contribution in [-0.2, 0) is 6.42 Å². The molecular formula is C32H38N4. The molecule has 0 amide bonds. The second kappa shape index (κ2) is 9.74. The summed E-state index contributed by atoms with van der Waals surface area (Å²) in [5, 5.41) is 11.5. The molecule has 1 spiro atoms. The van der Waals surface area contributed by atoms with Gasteiger partial charge in [-0.15, -0.1) is 0 Å². The predicted molar refractivity (Wildman–Crippen MR) is 151 cm³/mol. The van der Waals surface area contributed by atoms with E-state index in [0.29, 0.717) is 17.0 Å². The number of hydrogen-bond donors (Lipinski definition) is 3. The highest BCUT2D eigenvalue weighted by molar-refractivity contribution is 5.88. The molecule has 2 unspecified atom stereocenters. The number of piperidine rings is 2. The molecule has 3 aliphatic rings. The van der Waals surface area contributed by atoms with Crippen LogP contribution in [0.4, 0.5) is 11.4 Å². The molecule has 186 valence electrons. The largest absolute Gasteiger partial charge is 0.398 e. The van der Waals surface area contributed by atoms with E-state index in [-0.39, 0.29) is 5.92 Å². The number of fused-ring (bicyclic) bond motifs is 1. The number of benzene rings is 3. The summed E-state index contributed by atoms with van der Waals surface area (Å²) in [7, 11) is 0. The highest BCUT2D eigenvalue weighted by Gasteiger charge is 2.36. The van der Waals surface area contributed by atoms with Crippen molar-refractivity contribution < 1.29 is 0 Å². The van der Waals surface area contributed by atoms with Gasteiger partial charge in [0.15, 0.2) is 0 Å². The molecule has 2 aliphatic heterocycles. The van der Waals surface area contributed by atoms with E-state index in [1.54, 1.807) is 0 Å². The van der Waals surface area contributed by atoms with Crippen LogP contribution < -0.4 is 16.0 Å². The Labute approximate surface area is 215 Å². The van der Waals surface area contributed by atoms with E-state index in [2.05, 4.69) is 70.9 Å². The lowest BCUT2D eigenvalue weighted by Gasteiger charge is -2.45. The lowest BCUT2D eigenvalue weighted by atomic mass is 9.68. The fraction of sp³-hybridized carbons (Fsp3) is 0.406. The molecule has 1 aliphatic carbocycles. The van der Waals surface area contributed by atoms with Crippen LogP contribution in [0.5, 0.6) is 0 Å². The molecule has 4 heteroatoms. The normalized spacial score (nSPS) is 23.3. The van der Waals surface area contributed by atoms with Crippen LogP contribution in [0.3, 0.4) is 0 Å². The Bertz CT molecular complexity index is 1200. The van der Waals surface area contributed by atoms with E-state index < -0.39 is 0 Å². The predicted octanol–water partition coefficient (Wildman–Crippen LogP) is 6.10. The van der Waals surface area contributed by atoms with Crippen molar-refractivity contribution in [2.75, 3.05) is 36.8 Å². The zero-order valence-corrected chi connectivity index (χ0v) is 21.2. The van der Waals surface area contributed by atoms with E-state index in [1.165, 1.54) is 86.0 Å². The number of nitrogens with one attached hydrogen (secondary N) is 2. The standard InChI is InChI=1S/C32H38N4/c33-22-29-27-11-10-26(23-4-2-1-3-5-23)31(28(27)12-13-30(29)34)24-6-8-25(9-7-24)36-20-16-32(17-21-36)14-18-35-19-15-32/h1-9,12-13,22,26,31,33,35H,10-11,14-21,34H2. The van der Waals surface area contributed by atoms with Gasteiger partial charge in [-0.2, -0.15) is 0 Å². The first-order chi connectivity index (χ1) is 17.7. The summed E-state index contributed by atoms with van der Waals surface area (Å²) >= 11 is 0. The first-order valence-electron chi connectivity index (χ1n) is 13.7. The van der Waals surface area contributed by atoms with Crippen molar-refractivity contribution in [2.45, 2.75) is 50.4 Å². The van der Waals surface area contributed by atoms with Gasteiger partial charge in [0.25, 0.3) is 0 Å². The van der Waals surface area contributed by atoms with Crippen LogP contribution in [0.2, 0.25) is 0 Å². The molecule has 36 heavy (non-hydrogen) atoms. The van der Waals surface area contributed by atoms with Crippen molar-refractivity contribution >= 4 is 17.6 Å². The summed E-state index contributed by atoms with van der Waals surface area (Å²) in [6.45, 7) is 4.71. The topological polar surface area (TPSA) is 65.1 Å². The van der Waals surface area contributed by atoms with Crippen LogP contribution in [0, 0.1) is 10.8 Å². The zero-order valence-electron chi connectivity index (χ0n) is 21.2. The fourth-order valence-electron chi connectivity index (χ4n) is 7.18. The summed E-state index contributed by atoms with van der Waals surface area (Å²) in [6, 6.07) is 24.6. The van der Waals surface area contributed by atoms with Crippen LogP contribution in [-0.4, -0.2) is 32.4 Å². The molecular weight excluding hydrogens is 440 g/mol. The minimum Gasteiger partial charge on any atom is -0.398 e. The molecule has 2 heterocycles. The molecule has 2 saturated heterocycles. The number of nitrogens with zero attached hydrogens (tertiary/aromatic N) is 1. The van der Waals surface area contributed by atoms with Gasteiger partial charge in [0, 0.05) is 42.2 Å². The van der Waals surface area contributed by atoms with E-state index in [1.807, 2.05) is 6.07 Å². The highest BCUT2D eigenvalue weighted by atomic mass is 15.1. The molecule has 6 rings (SSSR count). The molecule has 3 aromatic rings. The monoisotopic (exact) mass is 478 g/mol. The van der Waals surface area contributed by atoms with Gasteiger partial charge in [-0.25, -0.2) is 0 Å². The molecule has 4 N–H and O–H groups in total. The molecule has 0 saturated carbocycles. The molecule has 3 aromatic carbocycles. The minimum absolute atomic E-state index is 0.267. The summed E-state index contributed by atoms with van der Waals surface area (Å²) in [5.41, 5.74) is 15.2. The highest BCUT2D eigenvalue weighted by Crippen LogP contribution is 2.48. The van der Waals surface area contributed by atoms with Crippen LogP contribution in [0.15, 0.2) is 66.7 Å². The number of hydrogen-bond acceptors (Lipinski definition) is 4. The third kappa shape index (κ3) is 4.22. The molecule has 0 bridgehead atoms. The maximum Gasteiger partial charge on any atom is 0.0406 e. The first-order valence-corrected chi connectivity index (χ1v) is 13.7. The average Bonchev–Trinajstić information content (AvgIpc) is 2.94. The van der Waals surface area contributed by atoms with Gasteiger partial charge in [-0.1, -0.05) is 48.5 Å². The van der Waals surface area contributed by atoms with Gasteiger partial charge in [-0.3, -0.25) is 0 Å². The van der Waals surface area contributed by atoms with Gasteiger partial charge < -0.3 is 21.4 Å². The Hall–Kier alpha value is -3.11. The minimum atomic E-state index is 0.267. The Morgan fingerprint density at radius 3 is 2.28 bits per heavy atom. The summed E-state index contributed by atoms with van der Waals surface area (Å²) in [5.74, 6) is 0.686. The van der Waals surface area contributed by atoms with E-state index in [0.717, 1.165) is 18.4 Å². The van der Waals surface area contributed by atoms with Crippen LogP contribution >= 0.6 is 0 Å². The number of nitrogen functional groups attached to an aromatic ring is 1. The van der Waals surface area contributed by atoms with Crippen LogP contribution in [0.25, 0.3) is 0 Å². The third-order valence-corrected chi connectivity index (χ3v) is 9.35. The second-order valence-electron chi connectivity index (χ2n) is 11.1. The Balaban J connectivity index is 1.30. The van der Waals surface area contributed by atoms with Gasteiger partial charge >= 0.3 is 0 Å². The van der Waals surface area contributed by atoms with Crippen molar-refractivity contribution in [1.82, 2.24) is 5.32 Å². The maximum absolute atomic E-state index is 8.01. The van der Waals surface area contributed by atoms with Gasteiger partial charge in [-0.05, 0) is 103 Å². The number of anilines is 2. The smallest absolute Gasteiger partial charge is 0.0406 e. The summed E-state index contributed by atoms with van der Waals surface area (Å²) < 4.78 is 0. The van der Waals surface area contributed by atoms with Crippen LogP contribution in [0.1, 0.15) is 71.8 Å². The third-order valence-electron chi connectivity index (χ3n) is 9.35. The molecule has 2 atom stereocenters. The van der Waals surface area contributed by atoms with E-state index in [9.17, 15) is 0 Å². The Kier molecular flexibility index (Phi) is 6.30. The van der Waals surface area contributed by atoms with Gasteiger partial charge in [0.05, 0.1) is 0 Å². The second-order valence-corrected chi connectivity index (χ2v) is 11.1.